The van der Waals surface area contributed by atoms with E-state index in [9.17, 15) is 14.4 Å². The van der Waals surface area contributed by atoms with Crippen LogP contribution in [0.3, 0.4) is 0 Å². The van der Waals surface area contributed by atoms with Crippen LogP contribution in [0.5, 0.6) is 0 Å². The van der Waals surface area contributed by atoms with Crippen LogP contribution in [-0.2, 0) is 20.8 Å². The molecule has 1 aromatic carbocycles. The number of amides is 2. The van der Waals surface area contributed by atoms with Gasteiger partial charge in [0.15, 0.2) is 0 Å². The summed E-state index contributed by atoms with van der Waals surface area (Å²) in [5.41, 5.74) is 0.815. The maximum atomic E-state index is 11.5. The van der Waals surface area contributed by atoms with Crippen LogP contribution in [0.2, 0.25) is 0 Å². The first-order chi connectivity index (χ1) is 8.99. The molecule has 6 heteroatoms. The third-order valence-corrected chi connectivity index (χ3v) is 2.41. The number of benzene rings is 1. The van der Waals surface area contributed by atoms with Gasteiger partial charge < -0.3 is 15.7 Å². The maximum Gasteiger partial charge on any atom is 0.326 e. The normalized spacial score (nSPS) is 11.4. The topological polar surface area (TPSA) is 95.5 Å². The molecule has 102 valence electrons. The van der Waals surface area contributed by atoms with E-state index < -0.39 is 17.9 Å². The Balaban J connectivity index is 2.56. The third kappa shape index (κ3) is 5.67. The van der Waals surface area contributed by atoms with Gasteiger partial charge >= 0.3 is 5.97 Å². The molecule has 0 aliphatic rings. The molecule has 0 unspecified atom stereocenters. The largest absolute Gasteiger partial charge is 0.480 e. The third-order valence-electron chi connectivity index (χ3n) is 2.41. The van der Waals surface area contributed by atoms with Crippen LogP contribution in [0, 0.1) is 0 Å². The molecule has 1 atom stereocenters. The minimum Gasteiger partial charge on any atom is -0.480 e. The molecule has 1 rings (SSSR count). The Kier molecular flexibility index (Phi) is 5.53. The lowest BCUT2D eigenvalue weighted by Crippen LogP contribution is -2.46. The van der Waals surface area contributed by atoms with Gasteiger partial charge in [0.05, 0.1) is 6.54 Å². The highest BCUT2D eigenvalue weighted by atomic mass is 16.4. The van der Waals surface area contributed by atoms with Crippen LogP contribution < -0.4 is 10.6 Å². The fraction of sp³-hybridized carbons (Fsp3) is 0.308. The molecule has 0 aliphatic carbocycles. The van der Waals surface area contributed by atoms with Gasteiger partial charge in [-0.2, -0.15) is 0 Å². The summed E-state index contributed by atoms with van der Waals surface area (Å²) in [7, 11) is 0. The average Bonchev–Trinajstić information content (AvgIpc) is 2.36. The number of carbonyl (C=O) groups is 3. The minimum absolute atomic E-state index is 0.196. The summed E-state index contributed by atoms with van der Waals surface area (Å²) < 4.78 is 0. The lowest BCUT2D eigenvalue weighted by atomic mass is 10.1. The van der Waals surface area contributed by atoms with Gasteiger partial charge in [-0.1, -0.05) is 30.3 Å². The average molecular weight is 264 g/mol. The fourth-order valence-corrected chi connectivity index (χ4v) is 1.50. The molecule has 19 heavy (non-hydrogen) atoms. The molecule has 0 bridgehead atoms. The number of carboxylic acids is 1. The van der Waals surface area contributed by atoms with Crippen LogP contribution in [0.15, 0.2) is 30.3 Å². The van der Waals surface area contributed by atoms with Gasteiger partial charge in [-0.3, -0.25) is 9.59 Å². The molecule has 0 fully saturated rings. The van der Waals surface area contributed by atoms with Gasteiger partial charge in [0, 0.05) is 13.3 Å². The van der Waals surface area contributed by atoms with Crippen LogP contribution in [0.4, 0.5) is 0 Å². The first kappa shape index (κ1) is 14.7. The van der Waals surface area contributed by atoms with Gasteiger partial charge in [0.1, 0.15) is 6.04 Å². The Hall–Kier alpha value is -2.37. The fourth-order valence-electron chi connectivity index (χ4n) is 1.50. The van der Waals surface area contributed by atoms with Crippen LogP contribution in [0.25, 0.3) is 0 Å². The van der Waals surface area contributed by atoms with Crippen molar-refractivity contribution in [2.24, 2.45) is 0 Å². The van der Waals surface area contributed by atoms with Crippen molar-refractivity contribution < 1.29 is 19.5 Å². The Labute approximate surface area is 110 Å². The number of aliphatic carboxylic acids is 1. The lowest BCUT2D eigenvalue weighted by molar-refractivity contribution is -0.141. The molecule has 0 heterocycles. The molecular weight excluding hydrogens is 248 g/mol. The Bertz CT molecular complexity index is 459. The Morgan fingerprint density at radius 1 is 1.21 bits per heavy atom. The molecule has 0 saturated carbocycles. The molecule has 0 aromatic heterocycles. The van der Waals surface area contributed by atoms with Crippen molar-refractivity contribution in [2.75, 3.05) is 6.54 Å². The maximum absolute atomic E-state index is 11.5. The van der Waals surface area contributed by atoms with E-state index in [4.69, 9.17) is 5.11 Å². The van der Waals surface area contributed by atoms with Crippen molar-refractivity contribution >= 4 is 17.8 Å². The summed E-state index contributed by atoms with van der Waals surface area (Å²) in [6, 6.07) is 7.99. The van der Waals surface area contributed by atoms with E-state index in [0.29, 0.717) is 0 Å². The molecule has 0 radical (unpaired) electrons. The zero-order valence-electron chi connectivity index (χ0n) is 10.6. The Morgan fingerprint density at radius 2 is 1.84 bits per heavy atom. The van der Waals surface area contributed by atoms with Crippen LogP contribution in [0.1, 0.15) is 12.5 Å². The molecule has 2 amide bonds. The first-order valence-corrected chi connectivity index (χ1v) is 5.79. The minimum atomic E-state index is -1.11. The number of hydrogen-bond donors (Lipinski definition) is 3. The number of rotatable bonds is 6. The summed E-state index contributed by atoms with van der Waals surface area (Å²) in [6.07, 6.45) is 0.196. The number of carboxylic acid groups (broad SMARTS) is 1. The van der Waals surface area contributed by atoms with E-state index in [0.717, 1.165) is 5.56 Å². The SMILES string of the molecule is CC(=O)NCC(=O)N[C@@H](Cc1ccccc1)C(=O)O. The predicted octanol–water partition coefficient (Wildman–Crippen LogP) is -0.0654. The van der Waals surface area contributed by atoms with Crippen molar-refractivity contribution in [2.45, 2.75) is 19.4 Å². The molecule has 0 saturated heterocycles. The number of hydrogen-bond acceptors (Lipinski definition) is 3. The van der Waals surface area contributed by atoms with E-state index in [1.165, 1.54) is 6.92 Å². The second-order valence-electron chi connectivity index (χ2n) is 4.06. The molecule has 3 N–H and O–H groups in total. The van der Waals surface area contributed by atoms with Crippen molar-refractivity contribution in [1.82, 2.24) is 10.6 Å². The second-order valence-corrected chi connectivity index (χ2v) is 4.06. The summed E-state index contributed by atoms with van der Waals surface area (Å²) in [5.74, 6) is -1.98. The summed E-state index contributed by atoms with van der Waals surface area (Å²) in [6.45, 7) is 1.06. The van der Waals surface area contributed by atoms with Gasteiger partial charge in [-0.25, -0.2) is 4.79 Å². The van der Waals surface area contributed by atoms with Gasteiger partial charge in [-0.15, -0.1) is 0 Å². The zero-order valence-corrected chi connectivity index (χ0v) is 10.6. The van der Waals surface area contributed by atoms with Crippen molar-refractivity contribution in [3.63, 3.8) is 0 Å². The standard InChI is InChI=1S/C13H16N2O4/c1-9(16)14-8-12(17)15-11(13(18)19)7-10-5-3-2-4-6-10/h2-6,11H,7-8H2,1H3,(H,14,16)(H,15,17)(H,18,19)/t11-/m0/s1. The zero-order chi connectivity index (χ0) is 14.3. The van der Waals surface area contributed by atoms with Crippen LogP contribution >= 0.6 is 0 Å². The number of nitrogens with one attached hydrogen (secondary N) is 2. The molecular formula is C13H16N2O4. The van der Waals surface area contributed by atoms with Crippen molar-refractivity contribution in [3.05, 3.63) is 35.9 Å². The first-order valence-electron chi connectivity index (χ1n) is 5.79. The Morgan fingerprint density at radius 3 is 2.37 bits per heavy atom. The summed E-state index contributed by atoms with van der Waals surface area (Å²) in [5, 5.41) is 13.7. The monoisotopic (exact) mass is 264 g/mol. The molecule has 0 aliphatic heterocycles. The van der Waals surface area contributed by atoms with E-state index in [-0.39, 0.29) is 18.9 Å². The molecule has 1 aromatic rings. The smallest absolute Gasteiger partial charge is 0.326 e. The van der Waals surface area contributed by atoms with Gasteiger partial charge in [-0.05, 0) is 5.56 Å². The van der Waals surface area contributed by atoms with Gasteiger partial charge in [0.2, 0.25) is 11.8 Å². The quantitative estimate of drug-likeness (QED) is 0.670. The van der Waals surface area contributed by atoms with Gasteiger partial charge in [0.25, 0.3) is 0 Å². The molecule has 6 nitrogen and oxygen atoms in total. The number of carbonyl (C=O) groups excluding carboxylic acids is 2. The van der Waals surface area contributed by atoms with E-state index >= 15 is 0 Å². The van der Waals surface area contributed by atoms with E-state index in [2.05, 4.69) is 10.6 Å². The van der Waals surface area contributed by atoms with Crippen molar-refractivity contribution in [1.29, 1.82) is 0 Å². The molecule has 0 spiro atoms. The summed E-state index contributed by atoms with van der Waals surface area (Å²) in [4.78, 5) is 33.2. The van der Waals surface area contributed by atoms with E-state index in [1.54, 1.807) is 24.3 Å². The summed E-state index contributed by atoms with van der Waals surface area (Å²) >= 11 is 0. The predicted molar refractivity (Wildman–Crippen MR) is 68.4 cm³/mol. The van der Waals surface area contributed by atoms with Crippen LogP contribution in [-0.4, -0.2) is 35.5 Å². The lowest BCUT2D eigenvalue weighted by Gasteiger charge is -2.14. The second kappa shape index (κ2) is 7.15. The van der Waals surface area contributed by atoms with Crippen molar-refractivity contribution in [3.8, 4) is 0 Å². The highest BCUT2D eigenvalue weighted by Gasteiger charge is 2.20. The highest BCUT2D eigenvalue weighted by molar-refractivity contribution is 5.87. The highest BCUT2D eigenvalue weighted by Crippen LogP contribution is 2.03. The van der Waals surface area contributed by atoms with E-state index in [1.807, 2.05) is 6.07 Å².